The summed E-state index contributed by atoms with van der Waals surface area (Å²) in [5, 5.41) is 15.3. The van der Waals surface area contributed by atoms with Gasteiger partial charge in [0.2, 0.25) is 5.91 Å². The van der Waals surface area contributed by atoms with Gasteiger partial charge >= 0.3 is 5.97 Å². The van der Waals surface area contributed by atoms with Gasteiger partial charge in [0, 0.05) is 4.47 Å². The van der Waals surface area contributed by atoms with Crippen LogP contribution in [0, 0.1) is 5.41 Å². The fourth-order valence-corrected chi connectivity index (χ4v) is 3.07. The zero-order valence-electron chi connectivity index (χ0n) is 11.9. The number of piperidine rings is 1. The number of carboxylic acid groups (broad SMARTS) is 1. The monoisotopic (exact) mass is 354 g/mol. The SMILES string of the molecule is CCC1(C(=O)Nc2cc(Br)ccc2C(=O)O)CCNCC1. The Labute approximate surface area is 132 Å². The van der Waals surface area contributed by atoms with Gasteiger partial charge in [-0.1, -0.05) is 22.9 Å². The smallest absolute Gasteiger partial charge is 0.337 e. The van der Waals surface area contributed by atoms with Crippen molar-refractivity contribution in [3.05, 3.63) is 28.2 Å². The third-order valence-corrected chi connectivity index (χ3v) is 4.67. The first-order chi connectivity index (χ1) is 9.98. The molecule has 1 aliphatic heterocycles. The van der Waals surface area contributed by atoms with E-state index in [0.717, 1.165) is 36.8 Å². The second-order valence-electron chi connectivity index (χ2n) is 5.33. The van der Waals surface area contributed by atoms with E-state index in [9.17, 15) is 14.7 Å². The largest absolute Gasteiger partial charge is 0.478 e. The van der Waals surface area contributed by atoms with E-state index in [1.54, 1.807) is 12.1 Å². The molecule has 1 aromatic carbocycles. The maximum Gasteiger partial charge on any atom is 0.337 e. The molecule has 0 aromatic heterocycles. The van der Waals surface area contributed by atoms with E-state index in [4.69, 9.17) is 0 Å². The summed E-state index contributed by atoms with van der Waals surface area (Å²) in [5.41, 5.74) is 0.0311. The molecule has 0 atom stereocenters. The molecule has 0 unspecified atom stereocenters. The molecule has 1 saturated heterocycles. The molecule has 0 saturated carbocycles. The van der Waals surface area contributed by atoms with Gasteiger partial charge in [0.05, 0.1) is 16.7 Å². The molecular formula is C15H19BrN2O3. The summed E-state index contributed by atoms with van der Waals surface area (Å²) >= 11 is 3.31. The van der Waals surface area contributed by atoms with Crippen molar-refractivity contribution >= 4 is 33.5 Å². The zero-order valence-corrected chi connectivity index (χ0v) is 13.5. The minimum Gasteiger partial charge on any atom is -0.478 e. The summed E-state index contributed by atoms with van der Waals surface area (Å²) in [6.07, 6.45) is 2.29. The highest BCUT2D eigenvalue weighted by atomic mass is 79.9. The first-order valence-corrected chi connectivity index (χ1v) is 7.83. The van der Waals surface area contributed by atoms with Gasteiger partial charge in [-0.3, -0.25) is 4.79 Å². The summed E-state index contributed by atoms with van der Waals surface area (Å²) in [6, 6.07) is 4.77. The Morgan fingerprint density at radius 3 is 2.62 bits per heavy atom. The number of amides is 1. The number of nitrogens with one attached hydrogen (secondary N) is 2. The van der Waals surface area contributed by atoms with Crippen LogP contribution in [0.15, 0.2) is 22.7 Å². The Balaban J connectivity index is 2.26. The van der Waals surface area contributed by atoms with Crippen molar-refractivity contribution in [1.82, 2.24) is 5.32 Å². The van der Waals surface area contributed by atoms with Gasteiger partial charge in [-0.05, 0) is 50.6 Å². The zero-order chi connectivity index (χ0) is 15.5. The lowest BCUT2D eigenvalue weighted by atomic mass is 9.76. The minimum absolute atomic E-state index is 0.0906. The number of rotatable bonds is 4. The summed E-state index contributed by atoms with van der Waals surface area (Å²) in [6.45, 7) is 3.63. The molecule has 1 heterocycles. The van der Waals surface area contributed by atoms with Crippen molar-refractivity contribution in [1.29, 1.82) is 0 Å². The topological polar surface area (TPSA) is 78.4 Å². The van der Waals surface area contributed by atoms with E-state index in [2.05, 4.69) is 26.6 Å². The molecular weight excluding hydrogens is 336 g/mol. The van der Waals surface area contributed by atoms with Crippen LogP contribution in [0.4, 0.5) is 5.69 Å². The highest BCUT2D eigenvalue weighted by Crippen LogP contribution is 2.34. The summed E-state index contributed by atoms with van der Waals surface area (Å²) < 4.78 is 0.735. The van der Waals surface area contributed by atoms with Crippen LogP contribution in [-0.2, 0) is 4.79 Å². The molecule has 5 nitrogen and oxygen atoms in total. The maximum atomic E-state index is 12.7. The predicted molar refractivity (Wildman–Crippen MR) is 84.6 cm³/mol. The molecule has 6 heteroatoms. The van der Waals surface area contributed by atoms with Crippen LogP contribution in [0.2, 0.25) is 0 Å². The van der Waals surface area contributed by atoms with Gasteiger partial charge in [-0.15, -0.1) is 0 Å². The standard InChI is InChI=1S/C15H19BrN2O3/c1-2-15(5-7-17-8-6-15)14(21)18-12-9-10(16)3-4-11(12)13(19)20/h3-4,9,17H,2,5-8H2,1H3,(H,18,21)(H,19,20). The summed E-state index contributed by atoms with van der Waals surface area (Å²) in [5.74, 6) is -1.14. The van der Waals surface area contributed by atoms with Crippen molar-refractivity contribution in [3.63, 3.8) is 0 Å². The van der Waals surface area contributed by atoms with Crippen molar-refractivity contribution in [2.45, 2.75) is 26.2 Å². The van der Waals surface area contributed by atoms with E-state index in [1.165, 1.54) is 6.07 Å². The molecule has 1 aromatic rings. The van der Waals surface area contributed by atoms with Gasteiger partial charge in [0.1, 0.15) is 0 Å². The quantitative estimate of drug-likeness (QED) is 0.776. The molecule has 0 bridgehead atoms. The van der Waals surface area contributed by atoms with Crippen LogP contribution in [0.25, 0.3) is 0 Å². The van der Waals surface area contributed by atoms with Crippen molar-refractivity contribution < 1.29 is 14.7 Å². The Morgan fingerprint density at radius 2 is 2.05 bits per heavy atom. The number of carbonyl (C=O) groups excluding carboxylic acids is 1. The van der Waals surface area contributed by atoms with Crippen molar-refractivity contribution in [3.8, 4) is 0 Å². The number of carbonyl (C=O) groups is 2. The number of aromatic carboxylic acids is 1. The van der Waals surface area contributed by atoms with Gasteiger partial charge < -0.3 is 15.7 Å². The third-order valence-electron chi connectivity index (χ3n) is 4.18. The van der Waals surface area contributed by atoms with E-state index >= 15 is 0 Å². The van der Waals surface area contributed by atoms with Crippen LogP contribution < -0.4 is 10.6 Å². The van der Waals surface area contributed by atoms with E-state index in [1.807, 2.05) is 6.92 Å². The second kappa shape index (κ2) is 6.58. The van der Waals surface area contributed by atoms with Crippen LogP contribution in [-0.4, -0.2) is 30.1 Å². The van der Waals surface area contributed by atoms with Gasteiger partial charge in [0.15, 0.2) is 0 Å². The van der Waals surface area contributed by atoms with Crippen LogP contribution in [0.1, 0.15) is 36.5 Å². The van der Waals surface area contributed by atoms with Crippen molar-refractivity contribution in [2.24, 2.45) is 5.41 Å². The first kappa shape index (κ1) is 16.0. The number of anilines is 1. The molecule has 21 heavy (non-hydrogen) atoms. The fraction of sp³-hybridized carbons (Fsp3) is 0.467. The number of benzene rings is 1. The molecule has 1 fully saturated rings. The van der Waals surface area contributed by atoms with Gasteiger partial charge in [0.25, 0.3) is 0 Å². The summed E-state index contributed by atoms with van der Waals surface area (Å²) in [4.78, 5) is 23.9. The number of hydrogen-bond donors (Lipinski definition) is 3. The Bertz CT molecular complexity index is 554. The second-order valence-corrected chi connectivity index (χ2v) is 6.25. The van der Waals surface area contributed by atoms with E-state index < -0.39 is 11.4 Å². The minimum atomic E-state index is -1.05. The van der Waals surface area contributed by atoms with Crippen LogP contribution in [0.3, 0.4) is 0 Å². The lowest BCUT2D eigenvalue weighted by molar-refractivity contribution is -0.127. The molecule has 0 spiro atoms. The molecule has 114 valence electrons. The lowest BCUT2D eigenvalue weighted by Crippen LogP contribution is -2.44. The van der Waals surface area contributed by atoms with E-state index in [0.29, 0.717) is 5.69 Å². The molecule has 2 rings (SSSR count). The Kier molecular flexibility index (Phi) is 5.00. The lowest BCUT2D eigenvalue weighted by Gasteiger charge is -2.35. The molecule has 1 aliphatic rings. The molecule has 3 N–H and O–H groups in total. The predicted octanol–water partition coefficient (Wildman–Crippen LogP) is 2.87. The Hall–Kier alpha value is -1.40. The van der Waals surface area contributed by atoms with Crippen molar-refractivity contribution in [2.75, 3.05) is 18.4 Å². The van der Waals surface area contributed by atoms with Crippen LogP contribution >= 0.6 is 15.9 Å². The average molecular weight is 355 g/mol. The van der Waals surface area contributed by atoms with Gasteiger partial charge in [-0.25, -0.2) is 4.79 Å². The Morgan fingerprint density at radius 1 is 1.38 bits per heavy atom. The molecule has 0 aliphatic carbocycles. The van der Waals surface area contributed by atoms with E-state index in [-0.39, 0.29) is 11.5 Å². The van der Waals surface area contributed by atoms with Crippen LogP contribution in [0.5, 0.6) is 0 Å². The molecule has 0 radical (unpaired) electrons. The number of carboxylic acids is 1. The highest BCUT2D eigenvalue weighted by molar-refractivity contribution is 9.10. The first-order valence-electron chi connectivity index (χ1n) is 7.03. The number of hydrogen-bond acceptors (Lipinski definition) is 3. The fourth-order valence-electron chi connectivity index (χ4n) is 2.71. The highest BCUT2D eigenvalue weighted by Gasteiger charge is 2.38. The summed E-state index contributed by atoms with van der Waals surface area (Å²) in [7, 11) is 0. The normalized spacial score (nSPS) is 17.2. The number of halogens is 1. The maximum absolute atomic E-state index is 12.7. The third kappa shape index (κ3) is 3.44. The molecule has 1 amide bonds. The average Bonchev–Trinajstić information content (AvgIpc) is 2.47. The van der Waals surface area contributed by atoms with Gasteiger partial charge in [-0.2, -0.15) is 0 Å².